The Bertz CT molecular complexity index is 828. The zero-order valence-corrected chi connectivity index (χ0v) is 18.7. The van der Waals surface area contributed by atoms with Crippen LogP contribution in [0, 0.1) is 11.8 Å². The lowest BCUT2D eigenvalue weighted by atomic mass is 10.1. The molecule has 1 amide bonds. The van der Waals surface area contributed by atoms with Gasteiger partial charge in [-0.1, -0.05) is 75.8 Å². The van der Waals surface area contributed by atoms with E-state index in [1.165, 1.54) is 44.9 Å². The Balaban J connectivity index is 1.79. The van der Waals surface area contributed by atoms with Crippen molar-refractivity contribution in [1.82, 2.24) is 4.90 Å². The van der Waals surface area contributed by atoms with Gasteiger partial charge in [0.05, 0.1) is 12.2 Å². The van der Waals surface area contributed by atoms with Crippen molar-refractivity contribution in [2.24, 2.45) is 0 Å². The predicted molar refractivity (Wildman–Crippen MR) is 125 cm³/mol. The molecule has 30 heavy (non-hydrogen) atoms. The first-order chi connectivity index (χ1) is 14.6. The number of amides is 1. The second-order valence-electron chi connectivity index (χ2n) is 7.84. The fourth-order valence-electron chi connectivity index (χ4n) is 3.22. The highest BCUT2D eigenvalue weighted by molar-refractivity contribution is 5.96. The van der Waals surface area contributed by atoms with E-state index in [4.69, 9.17) is 4.74 Å². The lowest BCUT2D eigenvalue weighted by Crippen LogP contribution is -2.22. The number of hydrogen-bond donors (Lipinski definition) is 0. The Labute approximate surface area is 182 Å². The van der Waals surface area contributed by atoms with E-state index in [1.54, 1.807) is 19.0 Å². The number of carbonyl (C=O) groups is 1. The summed E-state index contributed by atoms with van der Waals surface area (Å²) in [6.45, 7) is 3.02. The minimum absolute atomic E-state index is 0.0374. The number of nitrogens with zero attached hydrogens (tertiary/aromatic N) is 1. The minimum Gasteiger partial charge on any atom is -0.494 e. The van der Waals surface area contributed by atoms with E-state index in [0.717, 1.165) is 29.9 Å². The van der Waals surface area contributed by atoms with Crippen LogP contribution in [0.3, 0.4) is 0 Å². The van der Waals surface area contributed by atoms with Crippen LogP contribution in [0.1, 0.15) is 79.8 Å². The minimum atomic E-state index is -0.0374. The van der Waals surface area contributed by atoms with E-state index in [-0.39, 0.29) is 5.91 Å². The molecule has 0 fully saturated rings. The van der Waals surface area contributed by atoms with Gasteiger partial charge in [0.2, 0.25) is 0 Å². The van der Waals surface area contributed by atoms with Crippen LogP contribution in [0.5, 0.6) is 5.75 Å². The number of rotatable bonds is 11. The molecule has 0 aliphatic rings. The van der Waals surface area contributed by atoms with E-state index in [0.29, 0.717) is 5.56 Å². The summed E-state index contributed by atoms with van der Waals surface area (Å²) in [6.07, 6.45) is 10.4. The molecular weight excluding hydrogens is 370 g/mol. The maximum Gasteiger partial charge on any atom is 0.254 e. The smallest absolute Gasteiger partial charge is 0.254 e. The molecule has 0 heterocycles. The molecule has 0 radical (unpaired) electrons. The van der Waals surface area contributed by atoms with Crippen molar-refractivity contribution in [3.05, 3.63) is 65.2 Å². The molecule has 3 heteroatoms. The molecule has 0 bridgehead atoms. The van der Waals surface area contributed by atoms with Gasteiger partial charge < -0.3 is 9.64 Å². The van der Waals surface area contributed by atoms with Gasteiger partial charge in [-0.3, -0.25) is 4.79 Å². The highest BCUT2D eigenvalue weighted by Crippen LogP contribution is 2.14. The molecular formula is C27H35NO2. The number of benzene rings is 2. The second-order valence-corrected chi connectivity index (χ2v) is 7.84. The zero-order valence-electron chi connectivity index (χ0n) is 18.7. The van der Waals surface area contributed by atoms with Gasteiger partial charge in [-0.2, -0.15) is 0 Å². The maximum atomic E-state index is 12.3. The summed E-state index contributed by atoms with van der Waals surface area (Å²) in [5, 5.41) is 0. The third-order valence-electron chi connectivity index (χ3n) is 5.03. The number of unbranched alkanes of at least 4 members (excludes halogenated alkanes) is 7. The van der Waals surface area contributed by atoms with Crippen LogP contribution in [-0.2, 0) is 0 Å². The van der Waals surface area contributed by atoms with E-state index in [9.17, 15) is 4.79 Å². The first-order valence-electron chi connectivity index (χ1n) is 11.2. The van der Waals surface area contributed by atoms with Gasteiger partial charge in [0.15, 0.2) is 0 Å². The molecule has 0 unspecified atom stereocenters. The van der Waals surface area contributed by atoms with Crippen LogP contribution in [-0.4, -0.2) is 31.5 Å². The largest absolute Gasteiger partial charge is 0.494 e. The van der Waals surface area contributed by atoms with Crippen LogP contribution in [0.4, 0.5) is 0 Å². The molecule has 2 aromatic rings. The number of ether oxygens (including phenoxy) is 1. The molecule has 0 saturated carbocycles. The fourth-order valence-corrected chi connectivity index (χ4v) is 3.22. The van der Waals surface area contributed by atoms with Crippen molar-refractivity contribution in [3.63, 3.8) is 0 Å². The van der Waals surface area contributed by atoms with Gasteiger partial charge in [-0.05, 0) is 42.8 Å². The van der Waals surface area contributed by atoms with Gasteiger partial charge in [0.1, 0.15) is 5.75 Å². The normalized spacial score (nSPS) is 10.2. The van der Waals surface area contributed by atoms with E-state index in [1.807, 2.05) is 48.5 Å². The van der Waals surface area contributed by atoms with Crippen LogP contribution >= 0.6 is 0 Å². The highest BCUT2D eigenvalue weighted by Gasteiger charge is 2.10. The molecule has 0 aromatic heterocycles. The van der Waals surface area contributed by atoms with Crippen molar-refractivity contribution < 1.29 is 9.53 Å². The molecule has 0 atom stereocenters. The van der Waals surface area contributed by atoms with Crippen LogP contribution in [0.2, 0.25) is 0 Å². The highest BCUT2D eigenvalue weighted by atomic mass is 16.5. The van der Waals surface area contributed by atoms with Gasteiger partial charge in [0, 0.05) is 25.2 Å². The summed E-state index contributed by atoms with van der Waals surface area (Å²) >= 11 is 0. The standard InChI is InChI=1S/C27H35NO2/c1-4-5-6-7-8-9-10-13-22-30-25-20-17-23(18-21-25)16-19-24-14-11-12-15-26(24)27(29)28(2)3/h11-12,14-15,17-18,20-21H,4-10,13,22H2,1-3H3. The average molecular weight is 406 g/mol. The molecule has 0 aliphatic carbocycles. The SMILES string of the molecule is CCCCCCCCCCOc1ccc(C#Cc2ccccc2C(=O)N(C)C)cc1. The molecule has 2 rings (SSSR count). The van der Waals surface area contributed by atoms with Crippen molar-refractivity contribution in [2.45, 2.75) is 58.3 Å². The lowest BCUT2D eigenvalue weighted by Gasteiger charge is -2.11. The Hall–Kier alpha value is -2.73. The Morgan fingerprint density at radius 1 is 0.833 bits per heavy atom. The molecule has 160 valence electrons. The van der Waals surface area contributed by atoms with Gasteiger partial charge in [-0.25, -0.2) is 0 Å². The molecule has 0 N–H and O–H groups in total. The van der Waals surface area contributed by atoms with Crippen molar-refractivity contribution in [1.29, 1.82) is 0 Å². The second kappa shape index (κ2) is 13.5. The van der Waals surface area contributed by atoms with Gasteiger partial charge in [0.25, 0.3) is 5.91 Å². The lowest BCUT2D eigenvalue weighted by molar-refractivity contribution is 0.0827. The first-order valence-corrected chi connectivity index (χ1v) is 11.2. The van der Waals surface area contributed by atoms with E-state index < -0.39 is 0 Å². The summed E-state index contributed by atoms with van der Waals surface area (Å²) in [6, 6.07) is 15.3. The quantitative estimate of drug-likeness (QED) is 0.324. The van der Waals surface area contributed by atoms with Crippen molar-refractivity contribution >= 4 is 5.91 Å². The Kier molecular flexibility index (Phi) is 10.6. The molecule has 0 aliphatic heterocycles. The summed E-state index contributed by atoms with van der Waals surface area (Å²) in [5.74, 6) is 7.13. The first kappa shape index (κ1) is 23.5. The molecule has 2 aromatic carbocycles. The van der Waals surface area contributed by atoms with Crippen LogP contribution in [0.25, 0.3) is 0 Å². The third kappa shape index (κ3) is 8.33. The fraction of sp³-hybridized carbons (Fsp3) is 0.444. The number of carbonyl (C=O) groups excluding carboxylic acids is 1. The monoisotopic (exact) mass is 405 g/mol. The van der Waals surface area contributed by atoms with Crippen LogP contribution < -0.4 is 4.74 Å². The van der Waals surface area contributed by atoms with Gasteiger partial charge in [-0.15, -0.1) is 0 Å². The molecule has 3 nitrogen and oxygen atoms in total. The summed E-state index contributed by atoms with van der Waals surface area (Å²) in [7, 11) is 3.50. The zero-order chi connectivity index (χ0) is 21.6. The topological polar surface area (TPSA) is 29.5 Å². The van der Waals surface area contributed by atoms with Crippen LogP contribution in [0.15, 0.2) is 48.5 Å². The predicted octanol–water partition coefficient (Wildman–Crippen LogP) is 6.31. The number of hydrogen-bond acceptors (Lipinski definition) is 2. The average Bonchev–Trinajstić information content (AvgIpc) is 2.77. The summed E-state index contributed by atoms with van der Waals surface area (Å²) < 4.78 is 5.85. The molecule has 0 spiro atoms. The van der Waals surface area contributed by atoms with Crippen molar-refractivity contribution in [3.8, 4) is 17.6 Å². The maximum absolute atomic E-state index is 12.3. The van der Waals surface area contributed by atoms with E-state index >= 15 is 0 Å². The van der Waals surface area contributed by atoms with E-state index in [2.05, 4.69) is 18.8 Å². The summed E-state index contributed by atoms with van der Waals surface area (Å²) in [4.78, 5) is 13.9. The van der Waals surface area contributed by atoms with Gasteiger partial charge >= 0.3 is 0 Å². The van der Waals surface area contributed by atoms with Crippen molar-refractivity contribution in [2.75, 3.05) is 20.7 Å². The third-order valence-corrected chi connectivity index (χ3v) is 5.03. The Morgan fingerprint density at radius 3 is 2.13 bits per heavy atom. The molecule has 0 saturated heterocycles. The summed E-state index contributed by atoms with van der Waals surface area (Å²) in [5.41, 5.74) is 2.27. The Morgan fingerprint density at radius 2 is 1.47 bits per heavy atom.